The first-order valence-electron chi connectivity index (χ1n) is 5.56. The lowest BCUT2D eigenvalue weighted by Crippen LogP contribution is -2.29. The normalized spacial score (nSPS) is 40.9. The Morgan fingerprint density at radius 3 is 2.42 bits per heavy atom. The Balaban J connectivity index is 1.95. The van der Waals surface area contributed by atoms with Crippen molar-refractivity contribution in [2.24, 2.45) is 17.8 Å². The van der Waals surface area contributed by atoms with Gasteiger partial charge in [-0.1, -0.05) is 31.9 Å². The second kappa shape index (κ2) is 3.64. The van der Waals surface area contributed by atoms with Gasteiger partial charge in [-0.3, -0.25) is 0 Å². The summed E-state index contributed by atoms with van der Waals surface area (Å²) in [7, 11) is 0. The Kier molecular flexibility index (Phi) is 2.53. The van der Waals surface area contributed by atoms with Crippen LogP contribution < -0.4 is 0 Å². The fourth-order valence-electron chi connectivity index (χ4n) is 2.98. The van der Waals surface area contributed by atoms with E-state index in [0.717, 1.165) is 17.8 Å². The molecule has 0 aromatic rings. The van der Waals surface area contributed by atoms with E-state index in [1.54, 1.807) is 0 Å². The molecule has 0 heterocycles. The van der Waals surface area contributed by atoms with Gasteiger partial charge >= 0.3 is 0 Å². The van der Waals surface area contributed by atoms with Crippen LogP contribution in [0.15, 0.2) is 12.2 Å². The van der Waals surface area contributed by atoms with E-state index in [1.165, 1.54) is 38.5 Å². The molecule has 0 aromatic carbocycles. The molecule has 68 valence electrons. The van der Waals surface area contributed by atoms with E-state index >= 15 is 0 Å². The maximum absolute atomic E-state index is 2.50. The van der Waals surface area contributed by atoms with Crippen LogP contribution in [0.4, 0.5) is 0 Å². The van der Waals surface area contributed by atoms with E-state index in [1.807, 2.05) is 0 Å². The van der Waals surface area contributed by atoms with Crippen molar-refractivity contribution in [3.8, 4) is 0 Å². The van der Waals surface area contributed by atoms with E-state index in [2.05, 4.69) is 19.1 Å². The lowest BCUT2D eigenvalue weighted by molar-refractivity contribution is 0.128. The van der Waals surface area contributed by atoms with Crippen molar-refractivity contribution in [2.75, 3.05) is 0 Å². The van der Waals surface area contributed by atoms with Gasteiger partial charge in [-0.2, -0.15) is 0 Å². The summed E-state index contributed by atoms with van der Waals surface area (Å²) in [6.07, 6.45) is 13.7. The molecule has 1 atom stereocenters. The molecular weight excluding hydrogens is 144 g/mol. The number of hydrogen-bond donors (Lipinski definition) is 0. The van der Waals surface area contributed by atoms with Crippen LogP contribution in [0.25, 0.3) is 0 Å². The summed E-state index contributed by atoms with van der Waals surface area (Å²) in [6.45, 7) is 2.23. The molecule has 0 radical (unpaired) electrons. The van der Waals surface area contributed by atoms with Crippen LogP contribution in [-0.2, 0) is 0 Å². The molecule has 0 heteroatoms. The van der Waals surface area contributed by atoms with Gasteiger partial charge in [-0.25, -0.2) is 0 Å². The van der Waals surface area contributed by atoms with Crippen LogP contribution in [0.2, 0.25) is 0 Å². The van der Waals surface area contributed by atoms with E-state index in [-0.39, 0.29) is 0 Å². The standard InChI is InChI=1S/C12H20/c1-2-3-4-12-9-10-5-7-11(12)8-6-10/h3-4,10-12H,2,5-9H2,1H3/b4-3+. The first-order chi connectivity index (χ1) is 5.90. The Bertz CT molecular complexity index is 161. The van der Waals surface area contributed by atoms with Crippen LogP contribution in [0.5, 0.6) is 0 Å². The fourth-order valence-corrected chi connectivity index (χ4v) is 2.98. The zero-order chi connectivity index (χ0) is 8.39. The minimum Gasteiger partial charge on any atom is -0.0885 e. The Hall–Kier alpha value is -0.260. The lowest BCUT2D eigenvalue weighted by Gasteiger charge is -2.41. The highest BCUT2D eigenvalue weighted by Crippen LogP contribution is 2.45. The largest absolute Gasteiger partial charge is 0.0885 e. The Labute approximate surface area is 76.1 Å². The van der Waals surface area contributed by atoms with Crippen LogP contribution >= 0.6 is 0 Å². The van der Waals surface area contributed by atoms with Gasteiger partial charge in [0.25, 0.3) is 0 Å². The van der Waals surface area contributed by atoms with Gasteiger partial charge in [0.1, 0.15) is 0 Å². The van der Waals surface area contributed by atoms with E-state index < -0.39 is 0 Å². The highest BCUT2D eigenvalue weighted by Gasteiger charge is 2.33. The summed E-state index contributed by atoms with van der Waals surface area (Å²) >= 11 is 0. The van der Waals surface area contributed by atoms with E-state index in [4.69, 9.17) is 0 Å². The van der Waals surface area contributed by atoms with Crippen molar-refractivity contribution in [1.29, 1.82) is 0 Å². The van der Waals surface area contributed by atoms with Crippen LogP contribution in [-0.4, -0.2) is 0 Å². The second-order valence-electron chi connectivity index (χ2n) is 4.52. The molecule has 12 heavy (non-hydrogen) atoms. The maximum Gasteiger partial charge on any atom is -0.0203 e. The molecular formula is C12H20. The molecule has 0 saturated heterocycles. The molecule has 0 nitrogen and oxygen atoms in total. The summed E-state index contributed by atoms with van der Waals surface area (Å²) in [4.78, 5) is 0. The summed E-state index contributed by atoms with van der Waals surface area (Å²) in [5, 5.41) is 0. The van der Waals surface area contributed by atoms with E-state index in [0.29, 0.717) is 0 Å². The number of allylic oxidation sites excluding steroid dienone is 2. The molecule has 3 fully saturated rings. The zero-order valence-corrected chi connectivity index (χ0v) is 8.13. The van der Waals surface area contributed by atoms with Crippen LogP contribution in [0.1, 0.15) is 45.4 Å². The summed E-state index contributed by atoms with van der Waals surface area (Å²) in [5.41, 5.74) is 0. The molecule has 3 aliphatic rings. The molecule has 0 aliphatic heterocycles. The van der Waals surface area contributed by atoms with Crippen molar-refractivity contribution in [3.05, 3.63) is 12.2 Å². The van der Waals surface area contributed by atoms with Gasteiger partial charge in [0.2, 0.25) is 0 Å². The Morgan fingerprint density at radius 2 is 1.92 bits per heavy atom. The van der Waals surface area contributed by atoms with Gasteiger partial charge in [-0.05, 0) is 43.4 Å². The third kappa shape index (κ3) is 1.57. The smallest absolute Gasteiger partial charge is 0.0203 e. The van der Waals surface area contributed by atoms with Crippen molar-refractivity contribution in [1.82, 2.24) is 0 Å². The molecule has 0 N–H and O–H groups in total. The lowest BCUT2D eigenvalue weighted by atomic mass is 9.65. The highest BCUT2D eigenvalue weighted by molar-refractivity contribution is 4.97. The van der Waals surface area contributed by atoms with Crippen molar-refractivity contribution in [3.63, 3.8) is 0 Å². The number of fused-ring (bicyclic) bond motifs is 3. The minimum absolute atomic E-state index is 0.956. The van der Waals surface area contributed by atoms with Gasteiger partial charge in [-0.15, -0.1) is 0 Å². The van der Waals surface area contributed by atoms with Gasteiger partial charge in [0, 0.05) is 0 Å². The van der Waals surface area contributed by atoms with Crippen LogP contribution in [0.3, 0.4) is 0 Å². The molecule has 0 aromatic heterocycles. The monoisotopic (exact) mass is 164 g/mol. The first-order valence-corrected chi connectivity index (χ1v) is 5.56. The molecule has 0 spiro atoms. The van der Waals surface area contributed by atoms with Crippen molar-refractivity contribution in [2.45, 2.75) is 45.4 Å². The van der Waals surface area contributed by atoms with Gasteiger partial charge in [0.05, 0.1) is 0 Å². The SMILES string of the molecule is CC/C=C/C1CC2CCC1CC2. The quantitative estimate of drug-likeness (QED) is 0.545. The summed E-state index contributed by atoms with van der Waals surface area (Å²) in [6, 6.07) is 0. The molecule has 3 saturated carbocycles. The average Bonchev–Trinajstić information content (AvgIpc) is 2.17. The minimum atomic E-state index is 0.956. The molecule has 1 unspecified atom stereocenters. The maximum atomic E-state index is 2.50. The second-order valence-corrected chi connectivity index (χ2v) is 4.52. The number of hydrogen-bond acceptors (Lipinski definition) is 0. The fraction of sp³-hybridized carbons (Fsp3) is 0.833. The predicted molar refractivity (Wildman–Crippen MR) is 53.0 cm³/mol. The predicted octanol–water partition coefficient (Wildman–Crippen LogP) is 3.78. The number of rotatable bonds is 2. The van der Waals surface area contributed by atoms with E-state index in [9.17, 15) is 0 Å². The molecule has 0 amide bonds. The van der Waals surface area contributed by atoms with Gasteiger partial charge < -0.3 is 0 Å². The molecule has 2 bridgehead atoms. The topological polar surface area (TPSA) is 0 Å². The summed E-state index contributed by atoms with van der Waals surface area (Å²) in [5.74, 6) is 3.09. The van der Waals surface area contributed by atoms with Gasteiger partial charge in [0.15, 0.2) is 0 Å². The third-order valence-electron chi connectivity index (χ3n) is 3.72. The third-order valence-corrected chi connectivity index (χ3v) is 3.72. The average molecular weight is 164 g/mol. The van der Waals surface area contributed by atoms with Crippen molar-refractivity contribution < 1.29 is 0 Å². The van der Waals surface area contributed by atoms with Crippen LogP contribution in [0, 0.1) is 17.8 Å². The molecule has 3 aliphatic carbocycles. The zero-order valence-electron chi connectivity index (χ0n) is 8.13. The first kappa shape index (κ1) is 8.34. The Morgan fingerprint density at radius 1 is 1.17 bits per heavy atom. The van der Waals surface area contributed by atoms with Crippen molar-refractivity contribution >= 4 is 0 Å². The molecule has 3 rings (SSSR count). The highest BCUT2D eigenvalue weighted by atomic mass is 14.4. The summed E-state index contributed by atoms with van der Waals surface area (Å²) < 4.78 is 0.